The molecule has 0 radical (unpaired) electrons. The second-order valence-electron chi connectivity index (χ2n) is 5.15. The third-order valence-corrected chi connectivity index (χ3v) is 3.23. The number of amides is 2. The van der Waals surface area contributed by atoms with Gasteiger partial charge in [0.05, 0.1) is 22.3 Å². The maximum Gasteiger partial charge on any atom is 0.352 e. The van der Waals surface area contributed by atoms with E-state index < -0.39 is 21.7 Å². The highest BCUT2D eigenvalue weighted by Gasteiger charge is 2.17. The Labute approximate surface area is 156 Å². The Balaban J connectivity index is 2.21. The molecular formula is C16H12N6O6. The van der Waals surface area contributed by atoms with Crippen LogP contribution in [0.2, 0.25) is 0 Å². The first kappa shape index (κ1) is 19.8. The van der Waals surface area contributed by atoms with E-state index in [-0.39, 0.29) is 11.4 Å². The van der Waals surface area contributed by atoms with Crippen LogP contribution in [-0.4, -0.2) is 39.2 Å². The lowest BCUT2D eigenvalue weighted by atomic mass is 10.2. The molecule has 2 amide bonds. The topological polar surface area (TPSA) is 174 Å². The summed E-state index contributed by atoms with van der Waals surface area (Å²) < 4.78 is 0. The monoisotopic (exact) mass is 384 g/mol. The number of rotatable bonds is 6. The zero-order chi connectivity index (χ0) is 20.7. The highest BCUT2D eigenvalue weighted by molar-refractivity contribution is 6.34. The van der Waals surface area contributed by atoms with Gasteiger partial charge in [0, 0.05) is 24.3 Å². The van der Waals surface area contributed by atoms with Gasteiger partial charge < -0.3 is 5.73 Å². The largest absolute Gasteiger partial charge is 0.361 e. The predicted octanol–water partition coefficient (Wildman–Crippen LogP) is 1.18. The van der Waals surface area contributed by atoms with Crippen molar-refractivity contribution in [1.82, 2.24) is 5.12 Å². The average Bonchev–Trinajstić information content (AvgIpc) is 2.68. The molecule has 28 heavy (non-hydrogen) atoms. The van der Waals surface area contributed by atoms with E-state index in [0.717, 1.165) is 12.4 Å². The van der Waals surface area contributed by atoms with Gasteiger partial charge in [0.1, 0.15) is 0 Å². The van der Waals surface area contributed by atoms with Crippen molar-refractivity contribution < 1.29 is 19.4 Å². The van der Waals surface area contributed by atoms with E-state index in [1.165, 1.54) is 48.5 Å². The molecule has 2 rings (SSSR count). The fraction of sp³-hybridized carbons (Fsp3) is 0. The summed E-state index contributed by atoms with van der Waals surface area (Å²) in [4.78, 5) is 43.1. The number of hydrazone groups is 2. The highest BCUT2D eigenvalue weighted by atomic mass is 16.6. The zero-order valence-corrected chi connectivity index (χ0v) is 14.0. The number of nitro benzene ring substituents is 2. The summed E-state index contributed by atoms with van der Waals surface area (Å²) in [6, 6.07) is 10.5. The van der Waals surface area contributed by atoms with E-state index in [1.807, 2.05) is 0 Å². The Bertz CT molecular complexity index is 901. The van der Waals surface area contributed by atoms with Crippen LogP contribution in [0.25, 0.3) is 0 Å². The van der Waals surface area contributed by atoms with Crippen molar-refractivity contribution in [2.45, 2.75) is 0 Å². The van der Waals surface area contributed by atoms with Gasteiger partial charge in [-0.25, -0.2) is 0 Å². The van der Waals surface area contributed by atoms with Crippen LogP contribution in [0.15, 0.2) is 58.7 Å². The normalized spacial score (nSPS) is 10.9. The summed E-state index contributed by atoms with van der Waals surface area (Å²) in [7, 11) is 0. The zero-order valence-electron chi connectivity index (χ0n) is 14.0. The second kappa shape index (κ2) is 8.75. The van der Waals surface area contributed by atoms with Crippen LogP contribution in [0.4, 0.5) is 11.4 Å². The Morgan fingerprint density at radius 3 is 1.46 bits per heavy atom. The van der Waals surface area contributed by atoms with Gasteiger partial charge in [-0.3, -0.25) is 29.8 Å². The van der Waals surface area contributed by atoms with E-state index in [0.29, 0.717) is 16.2 Å². The molecule has 0 saturated heterocycles. The van der Waals surface area contributed by atoms with Crippen LogP contribution in [0.1, 0.15) is 11.1 Å². The quantitative estimate of drug-likeness (QED) is 0.338. The van der Waals surface area contributed by atoms with Crippen LogP contribution in [0.5, 0.6) is 0 Å². The van der Waals surface area contributed by atoms with E-state index in [9.17, 15) is 29.8 Å². The minimum Gasteiger partial charge on any atom is -0.361 e. The number of non-ortho nitro benzene ring substituents is 2. The third kappa shape index (κ3) is 5.26. The third-order valence-electron chi connectivity index (χ3n) is 3.23. The molecule has 0 aromatic heterocycles. The van der Waals surface area contributed by atoms with Crippen molar-refractivity contribution >= 4 is 35.6 Å². The van der Waals surface area contributed by atoms with Gasteiger partial charge in [-0.15, -0.1) is 5.12 Å². The number of nitrogens with zero attached hydrogens (tertiary/aromatic N) is 5. The van der Waals surface area contributed by atoms with E-state index >= 15 is 0 Å². The molecule has 12 nitrogen and oxygen atoms in total. The molecule has 0 aliphatic heterocycles. The molecule has 2 N–H and O–H groups in total. The van der Waals surface area contributed by atoms with Crippen molar-refractivity contribution in [3.8, 4) is 0 Å². The van der Waals surface area contributed by atoms with Crippen molar-refractivity contribution in [2.24, 2.45) is 15.9 Å². The molecule has 0 spiro atoms. The lowest BCUT2D eigenvalue weighted by molar-refractivity contribution is -0.385. The number of benzene rings is 2. The highest BCUT2D eigenvalue weighted by Crippen LogP contribution is 2.12. The molecule has 0 heterocycles. The molecular weight excluding hydrogens is 372 g/mol. The Morgan fingerprint density at radius 1 is 0.821 bits per heavy atom. The molecule has 2 aromatic carbocycles. The fourth-order valence-electron chi connectivity index (χ4n) is 1.84. The number of primary amides is 1. The van der Waals surface area contributed by atoms with Gasteiger partial charge in [-0.2, -0.15) is 10.2 Å². The van der Waals surface area contributed by atoms with Crippen LogP contribution in [0.3, 0.4) is 0 Å². The average molecular weight is 384 g/mol. The minimum atomic E-state index is -1.30. The van der Waals surface area contributed by atoms with Gasteiger partial charge in [0.2, 0.25) is 0 Å². The number of nitro groups is 2. The molecule has 0 fully saturated rings. The Hall–Kier alpha value is -4.48. The van der Waals surface area contributed by atoms with Gasteiger partial charge in [0.15, 0.2) is 0 Å². The molecule has 12 heteroatoms. The molecule has 0 aliphatic rings. The van der Waals surface area contributed by atoms with Crippen molar-refractivity contribution in [1.29, 1.82) is 0 Å². The standard InChI is InChI=1S/C16H12N6O6/c17-15(23)16(24)20(18-9-11-1-5-13(6-2-11)21(25)26)19-10-12-3-7-14(8-4-12)22(27)28/h1-10H,(H2,17,23). The van der Waals surface area contributed by atoms with Crippen molar-refractivity contribution in [3.63, 3.8) is 0 Å². The first-order chi connectivity index (χ1) is 13.3. The number of hydrogen-bond donors (Lipinski definition) is 1. The molecule has 0 saturated carbocycles. The summed E-state index contributed by atoms with van der Waals surface area (Å²) in [6.07, 6.45) is 2.30. The van der Waals surface area contributed by atoms with Gasteiger partial charge in [-0.1, -0.05) is 0 Å². The fourth-order valence-corrected chi connectivity index (χ4v) is 1.84. The number of carbonyl (C=O) groups excluding carboxylic acids is 2. The maximum atomic E-state index is 11.8. The summed E-state index contributed by atoms with van der Waals surface area (Å²) in [6.45, 7) is 0. The first-order valence-electron chi connectivity index (χ1n) is 7.48. The molecule has 0 unspecified atom stereocenters. The first-order valence-corrected chi connectivity index (χ1v) is 7.48. The Kier molecular flexibility index (Phi) is 6.20. The molecule has 0 atom stereocenters. The lowest BCUT2D eigenvalue weighted by Crippen LogP contribution is -2.34. The van der Waals surface area contributed by atoms with Crippen molar-refractivity contribution in [3.05, 3.63) is 79.9 Å². The van der Waals surface area contributed by atoms with Gasteiger partial charge >= 0.3 is 11.8 Å². The van der Waals surface area contributed by atoms with Crippen LogP contribution in [-0.2, 0) is 9.59 Å². The SMILES string of the molecule is NC(=O)C(=O)N(N=Cc1ccc([N+](=O)[O-])cc1)N=Cc1ccc([N+](=O)[O-])cc1. The van der Waals surface area contributed by atoms with Crippen molar-refractivity contribution in [2.75, 3.05) is 0 Å². The summed E-state index contributed by atoms with van der Waals surface area (Å²) in [5.41, 5.74) is 5.50. The van der Waals surface area contributed by atoms with Crippen LogP contribution < -0.4 is 5.73 Å². The predicted molar refractivity (Wildman–Crippen MR) is 97.4 cm³/mol. The molecule has 0 aliphatic carbocycles. The smallest absolute Gasteiger partial charge is 0.352 e. The number of nitrogens with two attached hydrogens (primary N) is 1. The summed E-state index contributed by atoms with van der Waals surface area (Å²) in [5, 5.41) is 29.2. The molecule has 0 bridgehead atoms. The lowest BCUT2D eigenvalue weighted by Gasteiger charge is -2.08. The van der Waals surface area contributed by atoms with E-state index in [2.05, 4.69) is 10.2 Å². The number of carbonyl (C=O) groups is 2. The minimum absolute atomic E-state index is 0.126. The van der Waals surface area contributed by atoms with E-state index in [1.54, 1.807) is 0 Å². The Morgan fingerprint density at radius 2 is 1.18 bits per heavy atom. The molecule has 142 valence electrons. The molecule has 2 aromatic rings. The maximum absolute atomic E-state index is 11.8. The van der Waals surface area contributed by atoms with Crippen LogP contribution >= 0.6 is 0 Å². The van der Waals surface area contributed by atoms with Crippen LogP contribution in [0, 0.1) is 20.2 Å². The second-order valence-corrected chi connectivity index (χ2v) is 5.15. The summed E-state index contributed by atoms with van der Waals surface area (Å²) in [5.74, 6) is -2.53. The van der Waals surface area contributed by atoms with Gasteiger partial charge in [0.25, 0.3) is 11.4 Å². The number of hydrogen-bond acceptors (Lipinski definition) is 8. The summed E-state index contributed by atoms with van der Waals surface area (Å²) >= 11 is 0. The van der Waals surface area contributed by atoms with Gasteiger partial charge in [-0.05, 0) is 35.4 Å². The van der Waals surface area contributed by atoms with E-state index in [4.69, 9.17) is 5.73 Å².